The molecule has 2 rings (SSSR count). The lowest BCUT2D eigenvalue weighted by Gasteiger charge is -2.22. The van der Waals surface area contributed by atoms with Crippen molar-refractivity contribution in [1.29, 1.82) is 5.26 Å². The quantitative estimate of drug-likeness (QED) is 0.648. The molecule has 0 aromatic rings. The highest BCUT2D eigenvalue weighted by molar-refractivity contribution is 5.86. The van der Waals surface area contributed by atoms with Crippen molar-refractivity contribution in [3.63, 3.8) is 0 Å². The van der Waals surface area contributed by atoms with Crippen LogP contribution in [0.15, 0.2) is 0 Å². The Morgan fingerprint density at radius 2 is 2.43 bits per heavy atom. The molecule has 0 aromatic heterocycles. The number of piperidine rings is 1. The number of hydrogen-bond donors (Lipinski definition) is 1. The fourth-order valence-corrected chi connectivity index (χ4v) is 2.13. The average Bonchev–Trinajstić information content (AvgIpc) is 2.80. The van der Waals surface area contributed by atoms with Crippen molar-refractivity contribution in [2.45, 2.75) is 31.9 Å². The monoisotopic (exact) mass is 194 g/mol. The van der Waals surface area contributed by atoms with Gasteiger partial charge in [0.1, 0.15) is 0 Å². The first-order valence-corrected chi connectivity index (χ1v) is 4.97. The molecule has 2 aliphatic rings. The zero-order valence-electron chi connectivity index (χ0n) is 8.41. The van der Waals surface area contributed by atoms with Gasteiger partial charge < -0.3 is 4.74 Å². The third-order valence-corrected chi connectivity index (χ3v) is 2.96. The van der Waals surface area contributed by atoms with Gasteiger partial charge in [-0.15, -0.1) is 0 Å². The Bertz CT molecular complexity index is 308. The van der Waals surface area contributed by atoms with Crippen molar-refractivity contribution >= 4 is 5.97 Å². The van der Waals surface area contributed by atoms with Crippen molar-refractivity contribution in [1.82, 2.24) is 5.32 Å². The maximum atomic E-state index is 11.7. The number of carbonyl (C=O) groups excluding carboxylic acids is 1. The highest BCUT2D eigenvalue weighted by atomic mass is 16.5. The number of nitrogens with zero attached hydrogens (tertiary/aromatic N) is 1. The van der Waals surface area contributed by atoms with Crippen LogP contribution in [0.5, 0.6) is 0 Å². The highest BCUT2D eigenvalue weighted by Crippen LogP contribution is 2.51. The summed E-state index contributed by atoms with van der Waals surface area (Å²) in [6.45, 7) is 4.36. The molecular formula is C10H14N2O2. The summed E-state index contributed by atoms with van der Waals surface area (Å²) in [6, 6.07) is 2.09. The minimum absolute atomic E-state index is 0.160. The molecule has 1 N–H and O–H groups in total. The lowest BCUT2D eigenvalue weighted by molar-refractivity contribution is -0.153. The van der Waals surface area contributed by atoms with Crippen LogP contribution in [-0.2, 0) is 9.53 Å². The van der Waals surface area contributed by atoms with E-state index in [-0.39, 0.29) is 12.0 Å². The van der Waals surface area contributed by atoms with Gasteiger partial charge in [0, 0.05) is 12.5 Å². The molecule has 1 heterocycles. The Balaban J connectivity index is 2.13. The molecule has 1 saturated heterocycles. The second-order valence-corrected chi connectivity index (χ2v) is 4.36. The van der Waals surface area contributed by atoms with Crippen LogP contribution < -0.4 is 5.32 Å². The zero-order chi connectivity index (χ0) is 10.3. The minimum atomic E-state index is -1.05. The van der Waals surface area contributed by atoms with Gasteiger partial charge in [0.15, 0.2) is 0 Å². The number of nitrogens with one attached hydrogen (secondary N) is 1. The Morgan fingerprint density at radius 1 is 1.71 bits per heavy atom. The van der Waals surface area contributed by atoms with Gasteiger partial charge in [0.25, 0.3) is 0 Å². The van der Waals surface area contributed by atoms with Crippen LogP contribution in [-0.4, -0.2) is 24.2 Å². The molecule has 2 fully saturated rings. The van der Waals surface area contributed by atoms with Crippen LogP contribution in [0, 0.1) is 23.2 Å². The van der Waals surface area contributed by atoms with Crippen LogP contribution in [0.25, 0.3) is 0 Å². The minimum Gasteiger partial charge on any atom is -0.461 e. The van der Waals surface area contributed by atoms with Crippen LogP contribution in [0.1, 0.15) is 20.3 Å². The summed E-state index contributed by atoms with van der Waals surface area (Å²) >= 11 is 0. The molecule has 4 heteroatoms. The highest BCUT2D eigenvalue weighted by Gasteiger charge is 2.63. The number of rotatable bonds is 2. The van der Waals surface area contributed by atoms with Crippen molar-refractivity contribution < 1.29 is 9.53 Å². The number of nitriles is 1. The van der Waals surface area contributed by atoms with Crippen LogP contribution in [0.2, 0.25) is 0 Å². The van der Waals surface area contributed by atoms with E-state index in [1.165, 1.54) is 0 Å². The van der Waals surface area contributed by atoms with E-state index in [1.54, 1.807) is 13.8 Å². The van der Waals surface area contributed by atoms with Crippen LogP contribution in [0.3, 0.4) is 0 Å². The first-order chi connectivity index (χ1) is 6.60. The number of ether oxygens (including phenoxy) is 1. The fraction of sp³-hybridized carbons (Fsp3) is 0.800. The van der Waals surface area contributed by atoms with Gasteiger partial charge in [-0.3, -0.25) is 5.32 Å². The summed E-state index contributed by atoms with van der Waals surface area (Å²) in [7, 11) is 0. The van der Waals surface area contributed by atoms with Gasteiger partial charge >= 0.3 is 5.97 Å². The summed E-state index contributed by atoms with van der Waals surface area (Å²) in [5, 5.41) is 12.1. The van der Waals surface area contributed by atoms with E-state index in [9.17, 15) is 4.79 Å². The summed E-state index contributed by atoms with van der Waals surface area (Å²) < 4.78 is 5.10. The Hall–Kier alpha value is -1.08. The van der Waals surface area contributed by atoms with E-state index >= 15 is 0 Å². The predicted molar refractivity (Wildman–Crippen MR) is 49.2 cm³/mol. The topological polar surface area (TPSA) is 62.1 Å². The van der Waals surface area contributed by atoms with Gasteiger partial charge in [0.05, 0.1) is 12.2 Å². The van der Waals surface area contributed by atoms with Gasteiger partial charge in [-0.2, -0.15) is 5.26 Å². The molecule has 0 amide bonds. The van der Waals surface area contributed by atoms with Crippen molar-refractivity contribution in [2.24, 2.45) is 11.8 Å². The molecule has 4 nitrogen and oxygen atoms in total. The number of hydrogen-bond acceptors (Lipinski definition) is 4. The van der Waals surface area contributed by atoms with Gasteiger partial charge in [0.2, 0.25) is 5.54 Å². The van der Waals surface area contributed by atoms with E-state index < -0.39 is 11.5 Å². The van der Waals surface area contributed by atoms with E-state index in [0.29, 0.717) is 5.92 Å². The molecule has 3 atom stereocenters. The summed E-state index contributed by atoms with van der Waals surface area (Å²) in [4.78, 5) is 11.7. The Kier molecular flexibility index (Phi) is 2.00. The normalized spacial score (nSPS) is 39.0. The fourth-order valence-electron chi connectivity index (χ4n) is 2.13. The van der Waals surface area contributed by atoms with Crippen LogP contribution in [0.4, 0.5) is 0 Å². The zero-order valence-corrected chi connectivity index (χ0v) is 8.41. The third kappa shape index (κ3) is 1.20. The van der Waals surface area contributed by atoms with E-state index in [1.807, 2.05) is 0 Å². The molecule has 1 aliphatic carbocycles. The number of fused-ring (bicyclic) bond motifs is 1. The SMILES string of the molecule is CC(C)OC(=O)C1(C#N)NCC2CC21. The largest absolute Gasteiger partial charge is 0.461 e. The first kappa shape index (κ1) is 9.47. The summed E-state index contributed by atoms with van der Waals surface area (Å²) in [5.74, 6) is 0.285. The lowest BCUT2D eigenvalue weighted by atomic mass is 9.97. The van der Waals surface area contributed by atoms with Crippen molar-refractivity contribution in [3.05, 3.63) is 0 Å². The third-order valence-electron chi connectivity index (χ3n) is 2.96. The predicted octanol–water partition coefficient (Wildman–Crippen LogP) is 0.440. The molecule has 0 radical (unpaired) electrons. The van der Waals surface area contributed by atoms with Crippen molar-refractivity contribution in [2.75, 3.05) is 6.54 Å². The molecular weight excluding hydrogens is 180 g/mol. The Labute approximate surface area is 83.2 Å². The average molecular weight is 194 g/mol. The molecule has 76 valence electrons. The van der Waals surface area contributed by atoms with E-state index in [2.05, 4.69) is 11.4 Å². The second kappa shape index (κ2) is 2.96. The van der Waals surface area contributed by atoms with E-state index in [0.717, 1.165) is 13.0 Å². The van der Waals surface area contributed by atoms with Gasteiger partial charge in [-0.05, 0) is 26.2 Å². The molecule has 0 bridgehead atoms. The number of esters is 1. The molecule has 0 aromatic carbocycles. The Morgan fingerprint density at radius 3 is 2.79 bits per heavy atom. The maximum absolute atomic E-state index is 11.7. The smallest absolute Gasteiger partial charge is 0.341 e. The summed E-state index contributed by atoms with van der Waals surface area (Å²) in [5.41, 5.74) is -1.05. The molecule has 1 saturated carbocycles. The first-order valence-electron chi connectivity index (χ1n) is 4.97. The number of carbonyl (C=O) groups is 1. The van der Waals surface area contributed by atoms with E-state index in [4.69, 9.17) is 10.00 Å². The second-order valence-electron chi connectivity index (χ2n) is 4.36. The van der Waals surface area contributed by atoms with Crippen molar-refractivity contribution in [3.8, 4) is 6.07 Å². The standard InChI is InChI=1S/C10H14N2O2/c1-6(2)14-9(13)10(5-11)8-3-7(8)4-12-10/h6-8,12H,3-4H2,1-2H3. The van der Waals surface area contributed by atoms with Gasteiger partial charge in [-0.25, -0.2) is 4.79 Å². The molecule has 1 aliphatic heterocycles. The molecule has 0 spiro atoms. The van der Waals surface area contributed by atoms with Crippen LogP contribution >= 0.6 is 0 Å². The molecule has 14 heavy (non-hydrogen) atoms. The molecule has 3 unspecified atom stereocenters. The lowest BCUT2D eigenvalue weighted by Crippen LogP contribution is -2.51. The van der Waals surface area contributed by atoms with Gasteiger partial charge in [-0.1, -0.05) is 0 Å². The maximum Gasteiger partial charge on any atom is 0.341 e. The summed E-state index contributed by atoms with van der Waals surface area (Å²) in [6.07, 6.45) is 0.820.